The molecule has 102 valence electrons. The number of nitrogens with two attached hydrogens (primary N) is 1. The normalized spacial score (nSPS) is 15.1. The van der Waals surface area contributed by atoms with Crippen LogP contribution in [0.3, 0.4) is 0 Å². The van der Waals surface area contributed by atoms with Gasteiger partial charge in [-0.2, -0.15) is 18.4 Å². The fourth-order valence-corrected chi connectivity index (χ4v) is 2.66. The second-order valence-electron chi connectivity index (χ2n) is 4.27. The van der Waals surface area contributed by atoms with Crippen molar-refractivity contribution in [3.63, 3.8) is 0 Å². The van der Waals surface area contributed by atoms with Crippen LogP contribution in [0.2, 0.25) is 0 Å². The van der Waals surface area contributed by atoms with E-state index in [2.05, 4.69) is 5.32 Å². The third kappa shape index (κ3) is 2.98. The lowest BCUT2D eigenvalue weighted by Gasteiger charge is -2.07. The van der Waals surface area contributed by atoms with Gasteiger partial charge in [-0.1, -0.05) is 0 Å². The zero-order valence-corrected chi connectivity index (χ0v) is 10.5. The average molecular weight is 289 g/mol. The van der Waals surface area contributed by atoms with E-state index in [9.17, 15) is 18.0 Å². The Kier molecular flexibility index (Phi) is 3.41. The van der Waals surface area contributed by atoms with Crippen LogP contribution >= 0.6 is 11.3 Å². The molecule has 1 aliphatic carbocycles. The number of thiophene rings is 1. The van der Waals surface area contributed by atoms with Gasteiger partial charge >= 0.3 is 6.18 Å². The standard InChI is InChI=1S/C11H10F3N3OS/c12-11(13,14)4-17-10-6(3-15)7(16)9(19-10)8(18)5-1-2-5/h5,17H,1-2,4,16H2. The van der Waals surface area contributed by atoms with Gasteiger partial charge in [0.15, 0.2) is 5.78 Å². The molecule has 0 spiro atoms. The van der Waals surface area contributed by atoms with Crippen molar-refractivity contribution in [2.75, 3.05) is 17.6 Å². The third-order valence-electron chi connectivity index (χ3n) is 2.68. The van der Waals surface area contributed by atoms with Gasteiger partial charge in [-0.25, -0.2) is 0 Å². The minimum absolute atomic E-state index is 0.00123. The molecule has 0 unspecified atom stereocenters. The van der Waals surface area contributed by atoms with E-state index < -0.39 is 12.7 Å². The average Bonchev–Trinajstić information content (AvgIpc) is 3.10. The predicted octanol–water partition coefficient (Wildman–Crippen LogP) is 2.77. The molecule has 0 atom stereocenters. The van der Waals surface area contributed by atoms with Gasteiger partial charge < -0.3 is 11.1 Å². The fourth-order valence-electron chi connectivity index (χ4n) is 1.57. The van der Waals surface area contributed by atoms with Crippen LogP contribution in [-0.4, -0.2) is 18.5 Å². The van der Waals surface area contributed by atoms with Gasteiger partial charge in [-0.3, -0.25) is 4.79 Å². The van der Waals surface area contributed by atoms with Crippen LogP contribution in [0.15, 0.2) is 0 Å². The second-order valence-corrected chi connectivity index (χ2v) is 5.29. The predicted molar refractivity (Wildman–Crippen MR) is 65.0 cm³/mol. The number of Topliss-reactive ketones (excluding diaryl/α,β-unsaturated/α-hetero) is 1. The Morgan fingerprint density at radius 3 is 2.63 bits per heavy atom. The Morgan fingerprint density at radius 2 is 2.16 bits per heavy atom. The number of nitrogen functional groups attached to an aromatic ring is 1. The molecule has 4 nitrogen and oxygen atoms in total. The van der Waals surface area contributed by atoms with Crippen molar-refractivity contribution in [2.45, 2.75) is 19.0 Å². The molecular weight excluding hydrogens is 279 g/mol. The van der Waals surface area contributed by atoms with Gasteiger partial charge in [0.2, 0.25) is 0 Å². The molecule has 19 heavy (non-hydrogen) atoms. The van der Waals surface area contributed by atoms with Gasteiger partial charge in [0.05, 0.1) is 10.6 Å². The molecule has 1 aliphatic rings. The summed E-state index contributed by atoms with van der Waals surface area (Å²) in [5, 5.41) is 11.0. The molecule has 0 amide bonds. The first kappa shape index (κ1) is 13.7. The highest BCUT2D eigenvalue weighted by Gasteiger charge is 2.34. The highest BCUT2D eigenvalue weighted by molar-refractivity contribution is 7.19. The topological polar surface area (TPSA) is 78.9 Å². The van der Waals surface area contributed by atoms with Crippen molar-refractivity contribution >= 4 is 27.8 Å². The summed E-state index contributed by atoms with van der Waals surface area (Å²) < 4.78 is 36.4. The fraction of sp³-hybridized carbons (Fsp3) is 0.455. The number of anilines is 2. The molecule has 1 aromatic heterocycles. The maximum Gasteiger partial charge on any atom is 0.405 e. The van der Waals surface area contributed by atoms with Crippen LogP contribution in [0, 0.1) is 17.2 Å². The minimum atomic E-state index is -4.40. The van der Waals surface area contributed by atoms with E-state index in [0.717, 1.165) is 24.2 Å². The summed E-state index contributed by atoms with van der Waals surface area (Å²) in [5.41, 5.74) is 5.56. The Hall–Kier alpha value is -1.75. The number of halogens is 3. The van der Waals surface area contributed by atoms with Crippen molar-refractivity contribution in [3.8, 4) is 6.07 Å². The zero-order valence-electron chi connectivity index (χ0n) is 9.67. The lowest BCUT2D eigenvalue weighted by atomic mass is 10.1. The van der Waals surface area contributed by atoms with Crippen molar-refractivity contribution in [3.05, 3.63) is 10.4 Å². The van der Waals surface area contributed by atoms with E-state index in [1.807, 2.05) is 0 Å². The first-order valence-corrected chi connectivity index (χ1v) is 6.32. The summed E-state index contributed by atoms with van der Waals surface area (Å²) in [6.45, 7) is -1.27. The number of alkyl halides is 3. The van der Waals surface area contributed by atoms with Gasteiger partial charge in [0, 0.05) is 5.92 Å². The summed E-state index contributed by atoms with van der Waals surface area (Å²) in [6, 6.07) is 1.74. The number of hydrogen-bond acceptors (Lipinski definition) is 5. The number of carbonyl (C=O) groups excluding carboxylic acids is 1. The summed E-state index contributed by atoms with van der Waals surface area (Å²) in [5.74, 6) is -0.276. The Labute approximate surface area is 111 Å². The molecule has 1 saturated carbocycles. The van der Waals surface area contributed by atoms with Crippen LogP contribution in [0.1, 0.15) is 28.1 Å². The SMILES string of the molecule is N#Cc1c(NCC(F)(F)F)sc(C(=O)C2CC2)c1N. The highest BCUT2D eigenvalue weighted by Crippen LogP contribution is 2.41. The quantitative estimate of drug-likeness (QED) is 0.835. The van der Waals surface area contributed by atoms with Crippen molar-refractivity contribution < 1.29 is 18.0 Å². The summed E-state index contributed by atoms with van der Waals surface area (Å²) in [6.07, 6.45) is -2.86. The molecular formula is C11H10F3N3OS. The van der Waals surface area contributed by atoms with Gasteiger partial charge in [0.1, 0.15) is 23.2 Å². The highest BCUT2D eigenvalue weighted by atomic mass is 32.1. The Balaban J connectivity index is 2.26. The maximum atomic E-state index is 12.1. The number of nitriles is 1. The maximum absolute atomic E-state index is 12.1. The zero-order chi connectivity index (χ0) is 14.2. The Bertz CT molecular complexity index is 555. The van der Waals surface area contributed by atoms with Crippen LogP contribution in [-0.2, 0) is 0 Å². The molecule has 0 saturated heterocycles. The molecule has 8 heteroatoms. The molecule has 2 rings (SSSR count). The lowest BCUT2D eigenvalue weighted by Crippen LogP contribution is -2.21. The third-order valence-corrected chi connectivity index (χ3v) is 3.86. The first-order valence-electron chi connectivity index (χ1n) is 5.50. The number of nitrogens with zero attached hydrogens (tertiary/aromatic N) is 1. The summed E-state index contributed by atoms with van der Waals surface area (Å²) >= 11 is 0.820. The molecule has 0 aliphatic heterocycles. The lowest BCUT2D eigenvalue weighted by molar-refractivity contribution is -0.115. The van der Waals surface area contributed by atoms with Crippen LogP contribution in [0.4, 0.5) is 23.9 Å². The van der Waals surface area contributed by atoms with Gasteiger partial charge in [-0.15, -0.1) is 11.3 Å². The number of rotatable bonds is 4. The molecule has 1 aromatic rings. The number of carbonyl (C=O) groups is 1. The smallest absolute Gasteiger partial charge is 0.396 e. The Morgan fingerprint density at radius 1 is 1.53 bits per heavy atom. The molecule has 0 aromatic carbocycles. The van der Waals surface area contributed by atoms with Crippen LogP contribution in [0.25, 0.3) is 0 Å². The summed E-state index contributed by atoms with van der Waals surface area (Å²) in [7, 11) is 0. The van der Waals surface area contributed by atoms with Crippen molar-refractivity contribution in [1.82, 2.24) is 0 Å². The van der Waals surface area contributed by atoms with E-state index in [-0.39, 0.29) is 32.8 Å². The monoisotopic (exact) mass is 289 g/mol. The second kappa shape index (κ2) is 4.74. The summed E-state index contributed by atoms with van der Waals surface area (Å²) in [4.78, 5) is 12.1. The number of hydrogen-bond donors (Lipinski definition) is 2. The van der Waals surface area contributed by atoms with E-state index in [0.29, 0.717) is 0 Å². The first-order chi connectivity index (χ1) is 8.83. The molecule has 0 radical (unpaired) electrons. The largest absolute Gasteiger partial charge is 0.405 e. The van der Waals surface area contributed by atoms with Crippen LogP contribution < -0.4 is 11.1 Å². The molecule has 0 bridgehead atoms. The van der Waals surface area contributed by atoms with Crippen molar-refractivity contribution in [1.29, 1.82) is 5.26 Å². The minimum Gasteiger partial charge on any atom is -0.396 e. The van der Waals surface area contributed by atoms with Gasteiger partial charge in [0.25, 0.3) is 0 Å². The van der Waals surface area contributed by atoms with E-state index >= 15 is 0 Å². The van der Waals surface area contributed by atoms with E-state index in [4.69, 9.17) is 11.0 Å². The van der Waals surface area contributed by atoms with Crippen LogP contribution in [0.5, 0.6) is 0 Å². The van der Waals surface area contributed by atoms with Gasteiger partial charge in [-0.05, 0) is 12.8 Å². The molecule has 1 heterocycles. The van der Waals surface area contributed by atoms with E-state index in [1.54, 1.807) is 6.07 Å². The number of ketones is 1. The van der Waals surface area contributed by atoms with E-state index in [1.165, 1.54) is 0 Å². The van der Waals surface area contributed by atoms with Crippen molar-refractivity contribution in [2.24, 2.45) is 5.92 Å². The molecule has 3 N–H and O–H groups in total. The molecule has 1 fully saturated rings. The number of nitrogens with one attached hydrogen (secondary N) is 1.